The number of rotatable bonds is 4. The summed E-state index contributed by atoms with van der Waals surface area (Å²) in [5.41, 5.74) is 0.536. The summed E-state index contributed by atoms with van der Waals surface area (Å²) in [5.74, 6) is -1.74. The Bertz CT molecular complexity index is 603. The summed E-state index contributed by atoms with van der Waals surface area (Å²) in [6.07, 6.45) is 0.150. The second-order valence-corrected chi connectivity index (χ2v) is 5.81. The van der Waals surface area contributed by atoms with Crippen molar-refractivity contribution in [2.24, 2.45) is 0 Å². The minimum atomic E-state index is -0.585. The number of piperazine rings is 1. The first-order chi connectivity index (χ1) is 11.1. The Hall–Kier alpha value is -2.25. The fraction of sp³-hybridized carbons (Fsp3) is 0.438. The lowest BCUT2D eigenvalue weighted by Gasteiger charge is -2.32. The summed E-state index contributed by atoms with van der Waals surface area (Å²) in [6.45, 7) is 4.30. The first-order valence-electron chi connectivity index (χ1n) is 7.66. The van der Waals surface area contributed by atoms with E-state index in [1.54, 1.807) is 24.3 Å². The fourth-order valence-electron chi connectivity index (χ4n) is 2.72. The van der Waals surface area contributed by atoms with Gasteiger partial charge in [-0.25, -0.2) is 4.79 Å². The smallest absolute Gasteiger partial charge is 0.330 e. The molecule has 122 valence electrons. The topological polar surface area (TPSA) is 70.2 Å². The SMILES string of the molecule is CN1CCN(CCC(=O)ON2C(=O)c3ccccc3C2=O)CC1. The third-order valence-corrected chi connectivity index (χ3v) is 4.18. The standard InChI is InChI=1S/C16H19N3O4/c1-17-8-10-18(11-9-17)7-6-14(20)23-19-15(21)12-4-2-3-5-13(12)16(19)22/h2-5H,6-11H2,1H3. The Morgan fingerprint density at radius 2 is 1.61 bits per heavy atom. The summed E-state index contributed by atoms with van der Waals surface area (Å²) < 4.78 is 0. The molecule has 1 fully saturated rings. The van der Waals surface area contributed by atoms with Gasteiger partial charge >= 0.3 is 5.97 Å². The monoisotopic (exact) mass is 317 g/mol. The third-order valence-electron chi connectivity index (χ3n) is 4.18. The van der Waals surface area contributed by atoms with Crippen molar-refractivity contribution in [2.75, 3.05) is 39.8 Å². The molecular weight excluding hydrogens is 298 g/mol. The quantitative estimate of drug-likeness (QED) is 0.748. The van der Waals surface area contributed by atoms with Crippen LogP contribution in [-0.2, 0) is 9.63 Å². The van der Waals surface area contributed by atoms with Gasteiger partial charge in [-0.3, -0.25) is 9.59 Å². The van der Waals surface area contributed by atoms with Crippen molar-refractivity contribution in [3.05, 3.63) is 35.4 Å². The van der Waals surface area contributed by atoms with E-state index in [9.17, 15) is 14.4 Å². The van der Waals surface area contributed by atoms with Crippen molar-refractivity contribution in [1.82, 2.24) is 14.9 Å². The molecule has 2 heterocycles. The highest BCUT2D eigenvalue weighted by atomic mass is 16.7. The van der Waals surface area contributed by atoms with Crippen LogP contribution in [0.5, 0.6) is 0 Å². The zero-order chi connectivity index (χ0) is 16.4. The lowest BCUT2D eigenvalue weighted by Crippen LogP contribution is -2.45. The van der Waals surface area contributed by atoms with E-state index in [1.807, 2.05) is 0 Å². The molecule has 3 rings (SSSR count). The summed E-state index contributed by atoms with van der Waals surface area (Å²) >= 11 is 0. The van der Waals surface area contributed by atoms with Crippen molar-refractivity contribution in [2.45, 2.75) is 6.42 Å². The van der Waals surface area contributed by atoms with Crippen molar-refractivity contribution in [1.29, 1.82) is 0 Å². The van der Waals surface area contributed by atoms with Gasteiger partial charge in [0.05, 0.1) is 17.5 Å². The van der Waals surface area contributed by atoms with Crippen LogP contribution in [0.1, 0.15) is 27.1 Å². The van der Waals surface area contributed by atoms with Crippen LogP contribution in [0.4, 0.5) is 0 Å². The molecule has 0 unspecified atom stereocenters. The number of carbonyl (C=O) groups is 3. The van der Waals surface area contributed by atoms with Gasteiger partial charge in [-0.1, -0.05) is 17.2 Å². The molecule has 2 aliphatic heterocycles. The van der Waals surface area contributed by atoms with Gasteiger partial charge in [0.1, 0.15) is 0 Å². The van der Waals surface area contributed by atoms with Crippen LogP contribution in [0.2, 0.25) is 0 Å². The Kier molecular flexibility index (Phi) is 4.40. The van der Waals surface area contributed by atoms with Crippen LogP contribution in [0, 0.1) is 0 Å². The minimum Gasteiger partial charge on any atom is -0.330 e. The molecule has 0 N–H and O–H groups in total. The van der Waals surface area contributed by atoms with Crippen LogP contribution in [0.25, 0.3) is 0 Å². The number of amides is 2. The molecule has 1 aromatic carbocycles. The summed E-state index contributed by atoms with van der Waals surface area (Å²) in [5, 5.41) is 0.566. The molecular formula is C16H19N3O4. The van der Waals surface area contributed by atoms with Crippen LogP contribution in [0.3, 0.4) is 0 Å². The zero-order valence-electron chi connectivity index (χ0n) is 13.0. The largest absolute Gasteiger partial charge is 0.334 e. The molecule has 23 heavy (non-hydrogen) atoms. The van der Waals surface area contributed by atoms with E-state index < -0.39 is 17.8 Å². The molecule has 1 saturated heterocycles. The van der Waals surface area contributed by atoms with Crippen molar-refractivity contribution in [3.63, 3.8) is 0 Å². The Balaban J connectivity index is 1.53. The van der Waals surface area contributed by atoms with Gasteiger partial charge in [-0.15, -0.1) is 0 Å². The molecule has 0 aromatic heterocycles. The number of fused-ring (bicyclic) bond motifs is 1. The van der Waals surface area contributed by atoms with E-state index in [0.29, 0.717) is 11.6 Å². The Labute approximate surface area is 134 Å². The van der Waals surface area contributed by atoms with Crippen LogP contribution < -0.4 is 0 Å². The Morgan fingerprint density at radius 3 is 2.17 bits per heavy atom. The van der Waals surface area contributed by atoms with Crippen LogP contribution in [-0.4, -0.2) is 72.4 Å². The normalized spacial score (nSPS) is 19.1. The van der Waals surface area contributed by atoms with Crippen LogP contribution >= 0.6 is 0 Å². The van der Waals surface area contributed by atoms with Crippen molar-refractivity contribution >= 4 is 17.8 Å². The highest BCUT2D eigenvalue weighted by molar-refractivity contribution is 6.20. The van der Waals surface area contributed by atoms with Gasteiger partial charge in [0, 0.05) is 32.7 Å². The van der Waals surface area contributed by atoms with Crippen molar-refractivity contribution < 1.29 is 19.2 Å². The lowest BCUT2D eigenvalue weighted by atomic mass is 10.1. The number of likely N-dealkylation sites (N-methyl/N-ethyl adjacent to an activating group) is 1. The van der Waals surface area contributed by atoms with E-state index >= 15 is 0 Å². The van der Waals surface area contributed by atoms with E-state index in [1.165, 1.54) is 0 Å². The average Bonchev–Trinajstić information content (AvgIpc) is 2.80. The lowest BCUT2D eigenvalue weighted by molar-refractivity contribution is -0.168. The fourth-order valence-corrected chi connectivity index (χ4v) is 2.72. The summed E-state index contributed by atoms with van der Waals surface area (Å²) in [7, 11) is 2.06. The van der Waals surface area contributed by atoms with Gasteiger partial charge in [0.25, 0.3) is 11.8 Å². The molecule has 2 aliphatic rings. The van der Waals surface area contributed by atoms with E-state index in [4.69, 9.17) is 4.84 Å². The van der Waals surface area contributed by atoms with Gasteiger partial charge in [-0.2, -0.15) is 0 Å². The van der Waals surface area contributed by atoms with E-state index in [0.717, 1.165) is 26.2 Å². The van der Waals surface area contributed by atoms with E-state index in [2.05, 4.69) is 16.8 Å². The maximum atomic E-state index is 12.1. The maximum absolute atomic E-state index is 12.1. The molecule has 0 saturated carbocycles. The predicted molar refractivity (Wildman–Crippen MR) is 81.6 cm³/mol. The second-order valence-electron chi connectivity index (χ2n) is 5.81. The number of imide groups is 1. The van der Waals surface area contributed by atoms with Crippen LogP contribution in [0.15, 0.2) is 24.3 Å². The van der Waals surface area contributed by atoms with Gasteiger partial charge in [0.2, 0.25) is 0 Å². The second kappa shape index (κ2) is 6.47. The molecule has 1 aromatic rings. The molecule has 0 radical (unpaired) electrons. The highest BCUT2D eigenvalue weighted by Gasteiger charge is 2.38. The molecule has 0 bridgehead atoms. The van der Waals surface area contributed by atoms with Gasteiger partial charge in [0.15, 0.2) is 0 Å². The number of nitrogens with zero attached hydrogens (tertiary/aromatic N) is 3. The average molecular weight is 317 g/mol. The number of hydrogen-bond acceptors (Lipinski definition) is 6. The molecule has 7 nitrogen and oxygen atoms in total. The maximum Gasteiger partial charge on any atom is 0.334 e. The summed E-state index contributed by atoms with van der Waals surface area (Å²) in [4.78, 5) is 45.5. The van der Waals surface area contributed by atoms with E-state index in [-0.39, 0.29) is 17.5 Å². The zero-order valence-corrected chi connectivity index (χ0v) is 13.0. The van der Waals surface area contributed by atoms with Gasteiger partial charge < -0.3 is 14.6 Å². The Morgan fingerprint density at radius 1 is 1.04 bits per heavy atom. The molecule has 2 amide bonds. The number of carbonyl (C=O) groups excluding carboxylic acids is 3. The van der Waals surface area contributed by atoms with Crippen molar-refractivity contribution in [3.8, 4) is 0 Å². The first kappa shape index (κ1) is 15.6. The number of hydroxylamine groups is 2. The number of hydrogen-bond donors (Lipinski definition) is 0. The summed E-state index contributed by atoms with van der Waals surface area (Å²) in [6, 6.07) is 6.44. The minimum absolute atomic E-state index is 0.150. The first-order valence-corrected chi connectivity index (χ1v) is 7.66. The molecule has 0 atom stereocenters. The molecule has 7 heteroatoms. The van der Waals surface area contributed by atoms with Gasteiger partial charge in [-0.05, 0) is 19.2 Å². The molecule has 0 spiro atoms. The third kappa shape index (κ3) is 3.25. The predicted octanol–water partition coefficient (Wildman–Crippen LogP) is 0.378. The number of benzene rings is 1. The highest BCUT2D eigenvalue weighted by Crippen LogP contribution is 2.22. The molecule has 0 aliphatic carbocycles.